The molecular weight excluding hydrogens is 288 g/mol. The van der Waals surface area contributed by atoms with Gasteiger partial charge < -0.3 is 10.0 Å². The standard InChI is InChI=1S/C15H22N2O3S/c1-11(18)12-2-4-14(5-3-12)21(19,20)16-15-10-17-8-6-13(15)7-9-17/h2-5,11,13,15-16,18H,6-10H2,1H3. The third-order valence-corrected chi connectivity index (χ3v) is 6.14. The monoisotopic (exact) mass is 310 g/mol. The molecule has 3 saturated heterocycles. The minimum atomic E-state index is -3.48. The zero-order chi connectivity index (χ0) is 15.0. The molecule has 1 aromatic rings. The highest BCUT2D eigenvalue weighted by atomic mass is 32.2. The highest BCUT2D eigenvalue weighted by Gasteiger charge is 2.36. The van der Waals surface area contributed by atoms with E-state index in [9.17, 15) is 13.5 Å². The molecule has 0 aromatic heterocycles. The molecule has 4 rings (SSSR count). The number of fused-ring (bicyclic) bond motifs is 3. The lowest BCUT2D eigenvalue weighted by Crippen LogP contribution is -2.57. The Morgan fingerprint density at radius 3 is 2.33 bits per heavy atom. The van der Waals surface area contributed by atoms with Gasteiger partial charge in [0.2, 0.25) is 10.0 Å². The molecule has 2 atom stereocenters. The van der Waals surface area contributed by atoms with Gasteiger partial charge >= 0.3 is 0 Å². The second kappa shape index (κ2) is 5.68. The number of aliphatic hydroxyl groups is 1. The van der Waals surface area contributed by atoms with Gasteiger partial charge in [-0.25, -0.2) is 13.1 Å². The normalized spacial score (nSPS) is 30.3. The van der Waals surface area contributed by atoms with E-state index in [1.54, 1.807) is 31.2 Å². The maximum Gasteiger partial charge on any atom is 0.240 e. The first-order valence-corrected chi connectivity index (χ1v) is 8.97. The average Bonchev–Trinajstić information content (AvgIpc) is 2.48. The Balaban J connectivity index is 1.74. The summed E-state index contributed by atoms with van der Waals surface area (Å²) < 4.78 is 27.8. The van der Waals surface area contributed by atoms with E-state index in [4.69, 9.17) is 0 Å². The van der Waals surface area contributed by atoms with Gasteiger partial charge in [-0.05, 0) is 56.5 Å². The maximum absolute atomic E-state index is 12.5. The van der Waals surface area contributed by atoms with Crippen molar-refractivity contribution < 1.29 is 13.5 Å². The second-order valence-electron chi connectivity index (χ2n) is 6.11. The summed E-state index contributed by atoms with van der Waals surface area (Å²) in [5.41, 5.74) is 0.719. The van der Waals surface area contributed by atoms with E-state index in [2.05, 4.69) is 9.62 Å². The molecule has 0 amide bonds. The van der Waals surface area contributed by atoms with Gasteiger partial charge in [0.05, 0.1) is 11.0 Å². The summed E-state index contributed by atoms with van der Waals surface area (Å²) in [5.74, 6) is 0.460. The van der Waals surface area contributed by atoms with Crippen LogP contribution in [0.4, 0.5) is 0 Å². The number of nitrogens with one attached hydrogen (secondary N) is 1. The predicted molar refractivity (Wildman–Crippen MR) is 80.3 cm³/mol. The van der Waals surface area contributed by atoms with Crippen LogP contribution in [0.25, 0.3) is 0 Å². The fraction of sp³-hybridized carbons (Fsp3) is 0.600. The van der Waals surface area contributed by atoms with Crippen LogP contribution in [0.2, 0.25) is 0 Å². The van der Waals surface area contributed by atoms with Crippen molar-refractivity contribution in [1.82, 2.24) is 9.62 Å². The van der Waals surface area contributed by atoms with Gasteiger partial charge in [0, 0.05) is 12.6 Å². The molecule has 116 valence electrons. The number of benzene rings is 1. The minimum Gasteiger partial charge on any atom is -0.389 e. The zero-order valence-electron chi connectivity index (χ0n) is 12.2. The number of aliphatic hydroxyl groups excluding tert-OH is 1. The molecule has 3 aliphatic rings. The fourth-order valence-corrected chi connectivity index (χ4v) is 4.59. The van der Waals surface area contributed by atoms with Crippen molar-refractivity contribution in [2.45, 2.75) is 36.8 Å². The Morgan fingerprint density at radius 2 is 1.86 bits per heavy atom. The van der Waals surface area contributed by atoms with Crippen LogP contribution in [0.5, 0.6) is 0 Å². The average molecular weight is 310 g/mol. The molecule has 6 heteroatoms. The number of hydrogen-bond donors (Lipinski definition) is 2. The molecule has 1 aromatic carbocycles. The summed E-state index contributed by atoms with van der Waals surface area (Å²) in [6.07, 6.45) is 1.57. The van der Waals surface area contributed by atoms with E-state index in [1.165, 1.54) is 0 Å². The molecule has 2 unspecified atom stereocenters. The molecule has 2 N–H and O–H groups in total. The summed E-state index contributed by atoms with van der Waals surface area (Å²) in [5, 5.41) is 9.48. The van der Waals surface area contributed by atoms with Crippen LogP contribution in [0, 0.1) is 5.92 Å². The molecule has 2 bridgehead atoms. The summed E-state index contributed by atoms with van der Waals surface area (Å²) in [7, 11) is -3.48. The number of nitrogens with zero attached hydrogens (tertiary/aromatic N) is 1. The van der Waals surface area contributed by atoms with Gasteiger partial charge in [0.1, 0.15) is 0 Å². The van der Waals surface area contributed by atoms with Gasteiger partial charge in [-0.1, -0.05) is 12.1 Å². The predicted octanol–water partition coefficient (Wildman–Crippen LogP) is 1.11. The molecule has 0 spiro atoms. The third-order valence-electron chi connectivity index (χ3n) is 4.64. The zero-order valence-corrected chi connectivity index (χ0v) is 13.0. The summed E-state index contributed by atoms with van der Waals surface area (Å²) in [6.45, 7) is 4.66. The van der Waals surface area contributed by atoms with E-state index in [0.29, 0.717) is 5.92 Å². The molecule has 0 saturated carbocycles. The summed E-state index contributed by atoms with van der Waals surface area (Å²) in [6, 6.07) is 6.47. The van der Waals surface area contributed by atoms with Crippen molar-refractivity contribution in [2.24, 2.45) is 5.92 Å². The molecule has 3 aliphatic heterocycles. The van der Waals surface area contributed by atoms with E-state index in [0.717, 1.165) is 38.0 Å². The first-order chi connectivity index (χ1) is 9.95. The molecule has 21 heavy (non-hydrogen) atoms. The van der Waals surface area contributed by atoms with E-state index < -0.39 is 16.1 Å². The highest BCUT2D eigenvalue weighted by molar-refractivity contribution is 7.89. The lowest BCUT2D eigenvalue weighted by molar-refractivity contribution is 0.0827. The first-order valence-electron chi connectivity index (χ1n) is 7.48. The van der Waals surface area contributed by atoms with Crippen molar-refractivity contribution in [3.05, 3.63) is 29.8 Å². The SMILES string of the molecule is CC(O)c1ccc(S(=O)(=O)NC2CN3CCC2CC3)cc1. The Labute approximate surface area is 126 Å². The van der Waals surface area contributed by atoms with Gasteiger partial charge in [-0.3, -0.25) is 0 Å². The largest absolute Gasteiger partial charge is 0.389 e. The first kappa shape index (κ1) is 15.0. The van der Waals surface area contributed by atoms with E-state index in [-0.39, 0.29) is 10.9 Å². The third kappa shape index (κ3) is 3.13. The smallest absolute Gasteiger partial charge is 0.240 e. The van der Waals surface area contributed by atoms with Gasteiger partial charge in [0.25, 0.3) is 0 Å². The number of sulfonamides is 1. The van der Waals surface area contributed by atoms with Crippen molar-refractivity contribution in [3.8, 4) is 0 Å². The Kier molecular flexibility index (Phi) is 4.05. The maximum atomic E-state index is 12.5. The summed E-state index contributed by atoms with van der Waals surface area (Å²) >= 11 is 0. The lowest BCUT2D eigenvalue weighted by atomic mass is 9.85. The topological polar surface area (TPSA) is 69.6 Å². The Morgan fingerprint density at radius 1 is 1.24 bits per heavy atom. The Hall–Kier alpha value is -0.950. The van der Waals surface area contributed by atoms with Gasteiger partial charge in [-0.15, -0.1) is 0 Å². The van der Waals surface area contributed by atoms with Crippen LogP contribution in [0.1, 0.15) is 31.4 Å². The minimum absolute atomic E-state index is 0.0222. The van der Waals surface area contributed by atoms with Gasteiger partial charge in [-0.2, -0.15) is 0 Å². The second-order valence-corrected chi connectivity index (χ2v) is 7.82. The number of hydrogen-bond acceptors (Lipinski definition) is 4. The molecule has 5 nitrogen and oxygen atoms in total. The molecular formula is C15H22N2O3S. The lowest BCUT2D eigenvalue weighted by Gasteiger charge is -2.44. The van der Waals surface area contributed by atoms with Crippen LogP contribution in [-0.4, -0.2) is 44.1 Å². The number of rotatable bonds is 4. The van der Waals surface area contributed by atoms with Crippen LogP contribution >= 0.6 is 0 Å². The van der Waals surface area contributed by atoms with Crippen LogP contribution < -0.4 is 4.72 Å². The highest BCUT2D eigenvalue weighted by Crippen LogP contribution is 2.28. The van der Waals surface area contributed by atoms with Gasteiger partial charge in [0.15, 0.2) is 0 Å². The van der Waals surface area contributed by atoms with E-state index >= 15 is 0 Å². The summed E-state index contributed by atoms with van der Waals surface area (Å²) in [4.78, 5) is 2.59. The van der Waals surface area contributed by atoms with Crippen molar-refractivity contribution >= 4 is 10.0 Å². The van der Waals surface area contributed by atoms with Crippen LogP contribution in [-0.2, 0) is 10.0 Å². The Bertz CT molecular complexity index is 590. The molecule has 3 heterocycles. The van der Waals surface area contributed by atoms with Crippen LogP contribution in [0.15, 0.2) is 29.2 Å². The van der Waals surface area contributed by atoms with Crippen molar-refractivity contribution in [1.29, 1.82) is 0 Å². The van der Waals surface area contributed by atoms with Crippen LogP contribution in [0.3, 0.4) is 0 Å². The quantitative estimate of drug-likeness (QED) is 0.874. The van der Waals surface area contributed by atoms with Crippen molar-refractivity contribution in [3.63, 3.8) is 0 Å². The van der Waals surface area contributed by atoms with Crippen molar-refractivity contribution in [2.75, 3.05) is 19.6 Å². The number of piperidine rings is 3. The fourth-order valence-electron chi connectivity index (χ4n) is 3.29. The molecule has 3 fully saturated rings. The molecule has 0 aliphatic carbocycles. The van der Waals surface area contributed by atoms with E-state index in [1.807, 2.05) is 0 Å². The molecule has 0 radical (unpaired) electrons.